The molecule has 1 aliphatic rings. The predicted molar refractivity (Wildman–Crippen MR) is 96.3 cm³/mol. The Labute approximate surface area is 148 Å². The fraction of sp³-hybridized carbons (Fsp3) is 0.222. The van der Waals surface area contributed by atoms with E-state index in [1.165, 1.54) is 0 Å². The molecule has 1 aliphatic heterocycles. The molecule has 0 aromatic heterocycles. The van der Waals surface area contributed by atoms with Gasteiger partial charge in [-0.2, -0.15) is 0 Å². The van der Waals surface area contributed by atoms with Crippen molar-refractivity contribution in [3.05, 3.63) is 53.0 Å². The van der Waals surface area contributed by atoms with Crippen molar-refractivity contribution < 1.29 is 14.3 Å². The zero-order valence-electron chi connectivity index (χ0n) is 13.0. The molecule has 2 aromatic carbocycles. The molecule has 1 saturated heterocycles. The van der Waals surface area contributed by atoms with Crippen molar-refractivity contribution >= 4 is 39.1 Å². The lowest BCUT2D eigenvalue weighted by Gasteiger charge is -2.16. The summed E-state index contributed by atoms with van der Waals surface area (Å²) < 4.78 is 6.28. The minimum atomic E-state index is -0.240. The van der Waals surface area contributed by atoms with Crippen molar-refractivity contribution in [2.45, 2.75) is 12.8 Å². The van der Waals surface area contributed by atoms with Crippen molar-refractivity contribution in [3.63, 3.8) is 0 Å². The summed E-state index contributed by atoms with van der Waals surface area (Å²) in [5, 5.41) is 2.78. The third kappa shape index (κ3) is 3.94. The predicted octanol–water partition coefficient (Wildman–Crippen LogP) is 3.59. The second-order valence-corrected chi connectivity index (χ2v) is 6.32. The van der Waals surface area contributed by atoms with Gasteiger partial charge in [-0.25, -0.2) is 0 Å². The van der Waals surface area contributed by atoms with Gasteiger partial charge < -0.3 is 15.0 Å². The summed E-state index contributed by atoms with van der Waals surface area (Å²) in [6.45, 7) is 0.680. The topological polar surface area (TPSA) is 58.6 Å². The number of ether oxygens (including phenoxy) is 1. The highest BCUT2D eigenvalue weighted by Gasteiger charge is 2.21. The second-order valence-electron chi connectivity index (χ2n) is 5.46. The monoisotopic (exact) mass is 388 g/mol. The Morgan fingerprint density at radius 2 is 1.92 bits per heavy atom. The van der Waals surface area contributed by atoms with E-state index in [2.05, 4.69) is 21.2 Å². The number of hydrogen-bond donors (Lipinski definition) is 1. The van der Waals surface area contributed by atoms with E-state index in [9.17, 15) is 9.59 Å². The SMILES string of the molecule is O=C(COc1ccccc1Br)Nc1ccc(N2CCCC2=O)cc1. The lowest BCUT2D eigenvalue weighted by molar-refractivity contribution is -0.118. The molecule has 5 nitrogen and oxygen atoms in total. The summed E-state index contributed by atoms with van der Waals surface area (Å²) in [4.78, 5) is 25.5. The summed E-state index contributed by atoms with van der Waals surface area (Å²) in [6, 6.07) is 14.6. The molecule has 1 fully saturated rings. The van der Waals surface area contributed by atoms with Crippen molar-refractivity contribution in [2.24, 2.45) is 0 Å². The second kappa shape index (κ2) is 7.49. The Morgan fingerprint density at radius 3 is 2.58 bits per heavy atom. The Bertz CT molecular complexity index is 746. The maximum Gasteiger partial charge on any atom is 0.262 e. The van der Waals surface area contributed by atoms with Crippen LogP contribution in [0.1, 0.15) is 12.8 Å². The number of nitrogens with zero attached hydrogens (tertiary/aromatic N) is 1. The minimum Gasteiger partial charge on any atom is -0.483 e. The van der Waals surface area contributed by atoms with Gasteiger partial charge in [-0.3, -0.25) is 9.59 Å². The highest BCUT2D eigenvalue weighted by molar-refractivity contribution is 9.10. The van der Waals surface area contributed by atoms with Crippen LogP contribution in [0.5, 0.6) is 5.75 Å². The molecule has 1 heterocycles. The zero-order chi connectivity index (χ0) is 16.9. The average Bonchev–Trinajstić information content (AvgIpc) is 3.01. The summed E-state index contributed by atoms with van der Waals surface area (Å²) >= 11 is 3.37. The minimum absolute atomic E-state index is 0.0744. The fourth-order valence-electron chi connectivity index (χ4n) is 2.55. The molecule has 3 rings (SSSR count). The Balaban J connectivity index is 1.55. The van der Waals surface area contributed by atoms with Gasteiger partial charge in [-0.15, -0.1) is 0 Å². The normalized spacial score (nSPS) is 13.9. The third-order valence-electron chi connectivity index (χ3n) is 3.73. The smallest absolute Gasteiger partial charge is 0.262 e. The highest BCUT2D eigenvalue weighted by atomic mass is 79.9. The molecule has 0 saturated carbocycles. The quantitative estimate of drug-likeness (QED) is 0.850. The van der Waals surface area contributed by atoms with Gasteiger partial charge >= 0.3 is 0 Å². The molecule has 0 radical (unpaired) electrons. The maximum atomic E-state index is 12.0. The first kappa shape index (κ1) is 16.5. The van der Waals surface area contributed by atoms with Crippen molar-refractivity contribution in [2.75, 3.05) is 23.4 Å². The number of amides is 2. The summed E-state index contributed by atoms with van der Waals surface area (Å²) in [5.74, 6) is 0.528. The number of rotatable bonds is 5. The molecule has 0 bridgehead atoms. The zero-order valence-corrected chi connectivity index (χ0v) is 14.6. The number of benzene rings is 2. The summed E-state index contributed by atoms with van der Waals surface area (Å²) in [7, 11) is 0. The number of anilines is 2. The van der Waals surface area contributed by atoms with E-state index in [1.807, 2.05) is 30.3 Å². The fourth-order valence-corrected chi connectivity index (χ4v) is 2.95. The Hall–Kier alpha value is -2.34. The van der Waals surface area contributed by atoms with Gasteiger partial charge in [0.25, 0.3) is 5.91 Å². The standard InChI is InChI=1S/C18H17BrN2O3/c19-15-4-1-2-5-16(15)24-12-17(22)20-13-7-9-14(10-8-13)21-11-3-6-18(21)23/h1-2,4-5,7-10H,3,6,11-12H2,(H,20,22). The molecule has 0 atom stereocenters. The van der Waals surface area contributed by atoms with Crippen LogP contribution in [0.4, 0.5) is 11.4 Å². The number of hydrogen-bond acceptors (Lipinski definition) is 3. The maximum absolute atomic E-state index is 12.0. The van der Waals surface area contributed by atoms with Crippen LogP contribution in [0.2, 0.25) is 0 Å². The van der Waals surface area contributed by atoms with Crippen molar-refractivity contribution in [1.29, 1.82) is 0 Å². The number of carbonyl (C=O) groups excluding carboxylic acids is 2. The van der Waals surface area contributed by atoms with Gasteiger partial charge in [-0.1, -0.05) is 12.1 Å². The molecule has 1 N–H and O–H groups in total. The van der Waals surface area contributed by atoms with E-state index in [0.29, 0.717) is 17.9 Å². The lowest BCUT2D eigenvalue weighted by atomic mass is 10.2. The molecule has 0 unspecified atom stereocenters. The van der Waals surface area contributed by atoms with E-state index in [0.717, 1.165) is 23.1 Å². The van der Waals surface area contributed by atoms with Crippen LogP contribution in [0.25, 0.3) is 0 Å². The van der Waals surface area contributed by atoms with Crippen molar-refractivity contribution in [3.8, 4) is 5.75 Å². The number of para-hydroxylation sites is 1. The van der Waals surface area contributed by atoms with Gasteiger partial charge in [0, 0.05) is 24.3 Å². The van der Waals surface area contributed by atoms with Crippen LogP contribution in [-0.4, -0.2) is 25.0 Å². The molecule has 2 amide bonds. The van der Waals surface area contributed by atoms with Gasteiger partial charge in [0.15, 0.2) is 6.61 Å². The van der Waals surface area contributed by atoms with Crippen LogP contribution in [0, 0.1) is 0 Å². The van der Waals surface area contributed by atoms with Crippen LogP contribution >= 0.6 is 15.9 Å². The van der Waals surface area contributed by atoms with Gasteiger partial charge in [0.1, 0.15) is 5.75 Å². The average molecular weight is 389 g/mol. The molecule has 0 aliphatic carbocycles. The largest absolute Gasteiger partial charge is 0.483 e. The third-order valence-corrected chi connectivity index (χ3v) is 4.39. The van der Waals surface area contributed by atoms with Crippen LogP contribution in [-0.2, 0) is 9.59 Å². The Morgan fingerprint density at radius 1 is 1.17 bits per heavy atom. The van der Waals surface area contributed by atoms with E-state index in [4.69, 9.17) is 4.74 Å². The van der Waals surface area contributed by atoms with E-state index in [1.54, 1.807) is 23.1 Å². The first-order valence-electron chi connectivity index (χ1n) is 7.71. The van der Waals surface area contributed by atoms with Crippen LogP contribution < -0.4 is 15.0 Å². The molecule has 6 heteroatoms. The van der Waals surface area contributed by atoms with Crippen LogP contribution in [0.15, 0.2) is 53.0 Å². The first-order valence-corrected chi connectivity index (χ1v) is 8.50. The molecule has 24 heavy (non-hydrogen) atoms. The van der Waals surface area contributed by atoms with E-state index >= 15 is 0 Å². The van der Waals surface area contributed by atoms with Gasteiger partial charge in [0.2, 0.25) is 5.91 Å². The van der Waals surface area contributed by atoms with E-state index < -0.39 is 0 Å². The molecular formula is C18H17BrN2O3. The summed E-state index contributed by atoms with van der Waals surface area (Å²) in [6.07, 6.45) is 1.49. The van der Waals surface area contributed by atoms with Crippen LogP contribution in [0.3, 0.4) is 0 Å². The lowest BCUT2D eigenvalue weighted by Crippen LogP contribution is -2.23. The van der Waals surface area contributed by atoms with E-state index in [-0.39, 0.29) is 18.4 Å². The molecular weight excluding hydrogens is 372 g/mol. The highest BCUT2D eigenvalue weighted by Crippen LogP contribution is 2.24. The number of halogens is 1. The molecule has 2 aromatic rings. The number of carbonyl (C=O) groups is 2. The van der Waals surface area contributed by atoms with Gasteiger partial charge in [-0.05, 0) is 58.7 Å². The van der Waals surface area contributed by atoms with Crippen molar-refractivity contribution in [1.82, 2.24) is 0 Å². The van der Waals surface area contributed by atoms with Gasteiger partial charge in [0.05, 0.1) is 4.47 Å². The first-order chi connectivity index (χ1) is 11.6. The number of nitrogens with one attached hydrogen (secondary N) is 1. The Kier molecular flexibility index (Phi) is 5.15. The molecule has 124 valence electrons. The molecule has 0 spiro atoms. The summed E-state index contributed by atoms with van der Waals surface area (Å²) in [5.41, 5.74) is 1.53.